The molecule has 0 saturated carbocycles. The van der Waals surface area contributed by atoms with E-state index in [9.17, 15) is 19.5 Å². The van der Waals surface area contributed by atoms with E-state index in [1.54, 1.807) is 42.5 Å². The van der Waals surface area contributed by atoms with Crippen LogP contribution >= 0.6 is 46.3 Å². The van der Waals surface area contributed by atoms with Crippen molar-refractivity contribution in [1.29, 1.82) is 0 Å². The summed E-state index contributed by atoms with van der Waals surface area (Å²) < 4.78 is 16.5. The first-order valence-electron chi connectivity index (χ1n) is 13.0. The number of hydrogen-bond donors (Lipinski definition) is 1. The summed E-state index contributed by atoms with van der Waals surface area (Å²) in [5.41, 5.74) is 1.67. The van der Waals surface area contributed by atoms with E-state index >= 15 is 0 Å². The van der Waals surface area contributed by atoms with Gasteiger partial charge in [0.2, 0.25) is 5.13 Å². The number of ketones is 1. The summed E-state index contributed by atoms with van der Waals surface area (Å²) >= 11 is 14.8. The molecule has 0 aliphatic carbocycles. The Balaban J connectivity index is 1.39. The van der Waals surface area contributed by atoms with Gasteiger partial charge in [-0.1, -0.05) is 64.5 Å². The highest BCUT2D eigenvalue weighted by Crippen LogP contribution is 2.45. The van der Waals surface area contributed by atoms with Crippen molar-refractivity contribution in [3.05, 3.63) is 98.5 Å². The number of rotatable bonds is 7. The molecule has 224 valence electrons. The number of aliphatic hydroxyl groups is 1. The summed E-state index contributed by atoms with van der Waals surface area (Å²) in [5.74, 6) is -1.38. The summed E-state index contributed by atoms with van der Waals surface area (Å²) in [5, 5.41) is 21.1. The van der Waals surface area contributed by atoms with Gasteiger partial charge in [0.05, 0.1) is 24.3 Å². The molecule has 1 amide bonds. The molecule has 10 nitrogen and oxygen atoms in total. The van der Waals surface area contributed by atoms with Crippen LogP contribution in [0, 0.1) is 0 Å². The molecule has 14 heteroatoms. The number of halogens is 2. The molecule has 1 saturated heterocycles. The van der Waals surface area contributed by atoms with Gasteiger partial charge >= 0.3 is 11.9 Å². The van der Waals surface area contributed by atoms with Crippen LogP contribution in [0.1, 0.15) is 33.1 Å². The van der Waals surface area contributed by atoms with Crippen LogP contribution in [0.4, 0.5) is 5.13 Å². The molecule has 1 atom stereocenters. The first-order valence-corrected chi connectivity index (χ1v) is 15.6. The normalized spacial score (nSPS) is 17.2. The minimum absolute atomic E-state index is 0.153. The number of carbonyl (C=O) groups excluding carboxylic acids is 3. The van der Waals surface area contributed by atoms with Crippen molar-refractivity contribution in [1.82, 2.24) is 10.2 Å². The third-order valence-electron chi connectivity index (χ3n) is 6.88. The minimum atomic E-state index is -1.08. The highest BCUT2D eigenvalue weighted by atomic mass is 35.5. The first kappa shape index (κ1) is 29.9. The second-order valence-corrected chi connectivity index (χ2v) is 12.5. The van der Waals surface area contributed by atoms with Crippen molar-refractivity contribution in [2.45, 2.75) is 16.1 Å². The number of esters is 1. The van der Waals surface area contributed by atoms with Gasteiger partial charge in [-0.15, -0.1) is 10.2 Å². The van der Waals surface area contributed by atoms with E-state index in [0.29, 0.717) is 50.4 Å². The fraction of sp³-hybridized carbons (Fsp3) is 0.167. The zero-order valence-electron chi connectivity index (χ0n) is 22.8. The Bertz CT molecular complexity index is 1830. The fourth-order valence-electron chi connectivity index (χ4n) is 4.75. The van der Waals surface area contributed by atoms with E-state index in [0.717, 1.165) is 16.9 Å². The number of Topliss-reactive ketones (excluding diaryl/α,β-unsaturated/α-hetero) is 1. The molecule has 4 aromatic rings. The molecule has 1 fully saturated rings. The fourth-order valence-corrected chi connectivity index (χ4v) is 7.17. The van der Waals surface area contributed by atoms with Gasteiger partial charge in [0, 0.05) is 21.4 Å². The van der Waals surface area contributed by atoms with Crippen molar-refractivity contribution in [2.75, 3.05) is 25.2 Å². The molecular formula is C30H21Cl2N3O7S2. The van der Waals surface area contributed by atoms with Gasteiger partial charge in [0.25, 0.3) is 5.78 Å². The number of anilines is 1. The Hall–Kier alpha value is -4.10. The van der Waals surface area contributed by atoms with Gasteiger partial charge in [-0.25, -0.2) is 4.79 Å². The number of thioether (sulfide) groups is 1. The standard InChI is InChI=1S/C30H21Cl2N3O7S2/c1-40-28(39)16-4-2-15(3-5-16)24-23(25(36)17-7-9-21-22(12-17)42-11-10-41-21)26(37)27(38)35(24)29-33-34-30(44-29)43-14-18-6-8-19(31)13-20(18)32/h2-9,12-13,24,36H,10-11,14H2,1H3/b25-23+/t24-/m0/s1. The lowest BCUT2D eigenvalue weighted by molar-refractivity contribution is -0.132. The molecule has 0 bridgehead atoms. The third-order valence-corrected chi connectivity index (χ3v) is 9.57. The quantitative estimate of drug-likeness (QED) is 0.0596. The van der Waals surface area contributed by atoms with E-state index < -0.39 is 29.5 Å². The number of aliphatic hydroxyl groups excluding tert-OH is 1. The Morgan fingerprint density at radius 1 is 1.02 bits per heavy atom. The van der Waals surface area contributed by atoms with Crippen molar-refractivity contribution in [3.63, 3.8) is 0 Å². The van der Waals surface area contributed by atoms with E-state index in [-0.39, 0.29) is 21.8 Å². The number of benzene rings is 3. The molecule has 3 heterocycles. The van der Waals surface area contributed by atoms with Crippen molar-refractivity contribution >= 4 is 74.9 Å². The zero-order chi connectivity index (χ0) is 31.0. The van der Waals surface area contributed by atoms with Crippen LogP contribution in [0.5, 0.6) is 11.5 Å². The molecular weight excluding hydrogens is 649 g/mol. The molecule has 1 N–H and O–H groups in total. The van der Waals surface area contributed by atoms with Crippen LogP contribution in [0.15, 0.2) is 70.6 Å². The lowest BCUT2D eigenvalue weighted by Crippen LogP contribution is -2.29. The van der Waals surface area contributed by atoms with Crippen molar-refractivity contribution < 1.29 is 33.7 Å². The molecule has 2 aliphatic rings. The lowest BCUT2D eigenvalue weighted by atomic mass is 9.94. The van der Waals surface area contributed by atoms with Crippen LogP contribution in [-0.2, 0) is 20.1 Å². The monoisotopic (exact) mass is 669 g/mol. The summed E-state index contributed by atoms with van der Waals surface area (Å²) in [6.07, 6.45) is 0. The van der Waals surface area contributed by atoms with Gasteiger partial charge in [-0.3, -0.25) is 14.5 Å². The highest BCUT2D eigenvalue weighted by molar-refractivity contribution is 8.00. The van der Waals surface area contributed by atoms with Crippen LogP contribution in [-0.4, -0.2) is 53.3 Å². The summed E-state index contributed by atoms with van der Waals surface area (Å²) in [6, 6.07) is 15.1. The van der Waals surface area contributed by atoms with E-state index in [1.165, 1.54) is 35.9 Å². The largest absolute Gasteiger partial charge is 0.507 e. The number of fused-ring (bicyclic) bond motifs is 1. The SMILES string of the molecule is COC(=O)c1ccc([C@H]2/C(=C(\O)c3ccc4c(c3)OCCO4)C(=O)C(=O)N2c2nnc(SCc3ccc(Cl)cc3Cl)s2)cc1. The molecule has 0 radical (unpaired) electrons. The predicted molar refractivity (Wildman–Crippen MR) is 166 cm³/mol. The first-order chi connectivity index (χ1) is 21.2. The maximum Gasteiger partial charge on any atom is 0.337 e. The molecule has 2 aliphatic heterocycles. The molecule has 0 spiro atoms. The summed E-state index contributed by atoms with van der Waals surface area (Å²) in [7, 11) is 1.27. The van der Waals surface area contributed by atoms with Crippen molar-refractivity contribution in [3.8, 4) is 11.5 Å². The van der Waals surface area contributed by atoms with Gasteiger partial charge in [0.1, 0.15) is 19.0 Å². The van der Waals surface area contributed by atoms with Gasteiger partial charge in [-0.05, 0) is 53.6 Å². The summed E-state index contributed by atoms with van der Waals surface area (Å²) in [4.78, 5) is 40.4. The van der Waals surface area contributed by atoms with Crippen LogP contribution < -0.4 is 14.4 Å². The molecule has 6 rings (SSSR count). The van der Waals surface area contributed by atoms with E-state index in [2.05, 4.69) is 10.2 Å². The van der Waals surface area contributed by atoms with Crippen molar-refractivity contribution in [2.24, 2.45) is 0 Å². The Kier molecular flexibility index (Phi) is 8.50. The molecule has 3 aromatic carbocycles. The predicted octanol–water partition coefficient (Wildman–Crippen LogP) is 6.32. The van der Waals surface area contributed by atoms with Crippen LogP contribution in [0.25, 0.3) is 5.76 Å². The molecule has 1 aromatic heterocycles. The number of methoxy groups -OCH3 is 1. The topological polar surface area (TPSA) is 128 Å². The van der Waals surface area contributed by atoms with Crippen LogP contribution in [0.2, 0.25) is 10.0 Å². The lowest BCUT2D eigenvalue weighted by Gasteiger charge is -2.23. The number of hydrogen-bond acceptors (Lipinski definition) is 11. The second kappa shape index (κ2) is 12.5. The average Bonchev–Trinajstić information content (AvgIpc) is 3.61. The molecule has 44 heavy (non-hydrogen) atoms. The zero-order valence-corrected chi connectivity index (χ0v) is 25.9. The number of carbonyl (C=O) groups is 3. The van der Waals surface area contributed by atoms with E-state index in [4.69, 9.17) is 37.4 Å². The Morgan fingerprint density at radius 3 is 2.48 bits per heavy atom. The minimum Gasteiger partial charge on any atom is -0.507 e. The Morgan fingerprint density at radius 2 is 1.75 bits per heavy atom. The average molecular weight is 671 g/mol. The third kappa shape index (κ3) is 5.73. The van der Waals surface area contributed by atoms with Crippen LogP contribution in [0.3, 0.4) is 0 Å². The van der Waals surface area contributed by atoms with Gasteiger partial charge < -0.3 is 19.3 Å². The van der Waals surface area contributed by atoms with E-state index in [1.807, 2.05) is 6.07 Å². The number of aromatic nitrogens is 2. The maximum absolute atomic E-state index is 13.6. The molecule has 0 unspecified atom stereocenters. The second-order valence-electron chi connectivity index (χ2n) is 9.52. The smallest absolute Gasteiger partial charge is 0.337 e. The van der Waals surface area contributed by atoms with Gasteiger partial charge in [0.15, 0.2) is 15.8 Å². The summed E-state index contributed by atoms with van der Waals surface area (Å²) in [6.45, 7) is 0.718. The highest BCUT2D eigenvalue weighted by Gasteiger charge is 2.48. The Labute approximate surface area is 269 Å². The number of nitrogens with zero attached hydrogens (tertiary/aromatic N) is 3. The maximum atomic E-state index is 13.6. The number of ether oxygens (including phenoxy) is 3. The number of amides is 1. The van der Waals surface area contributed by atoms with Gasteiger partial charge in [-0.2, -0.15) is 0 Å².